The van der Waals surface area contributed by atoms with Crippen LogP contribution in [0.15, 0.2) is 84.9 Å². The Labute approximate surface area is 170 Å². The van der Waals surface area contributed by atoms with Crippen LogP contribution in [0.25, 0.3) is 11.1 Å². The molecular weight excluding hydrogens is 362 g/mol. The normalized spacial score (nSPS) is 10.9. The monoisotopic (exact) mass is 385 g/mol. The Morgan fingerprint density at radius 2 is 1.39 bits per heavy atom. The van der Waals surface area contributed by atoms with Crippen molar-refractivity contribution < 1.29 is 0 Å². The number of aromatic amines is 1. The fourth-order valence-electron chi connectivity index (χ4n) is 3.43. The summed E-state index contributed by atoms with van der Waals surface area (Å²) in [5.41, 5.74) is 5.05. The van der Waals surface area contributed by atoms with E-state index in [1.165, 1.54) is 22.3 Å². The van der Waals surface area contributed by atoms with Gasteiger partial charge in [0.15, 0.2) is 4.77 Å². The van der Waals surface area contributed by atoms with Gasteiger partial charge in [0.2, 0.25) is 0 Å². The molecule has 0 radical (unpaired) electrons. The lowest BCUT2D eigenvalue weighted by Gasteiger charge is -2.08. The van der Waals surface area contributed by atoms with Crippen molar-refractivity contribution >= 4 is 12.2 Å². The number of rotatable bonds is 7. The molecule has 0 saturated heterocycles. The first-order chi connectivity index (χ1) is 13.8. The lowest BCUT2D eigenvalue weighted by Crippen LogP contribution is -2.06. The molecule has 0 saturated carbocycles. The van der Waals surface area contributed by atoms with E-state index in [-0.39, 0.29) is 0 Å². The van der Waals surface area contributed by atoms with E-state index in [2.05, 4.69) is 93.6 Å². The summed E-state index contributed by atoms with van der Waals surface area (Å²) in [7, 11) is 0. The van der Waals surface area contributed by atoms with Gasteiger partial charge in [0.1, 0.15) is 5.82 Å². The summed E-state index contributed by atoms with van der Waals surface area (Å²) in [6, 6.07) is 29.7. The summed E-state index contributed by atoms with van der Waals surface area (Å²) in [4.78, 5) is 0. The van der Waals surface area contributed by atoms with E-state index in [4.69, 9.17) is 12.2 Å². The van der Waals surface area contributed by atoms with E-state index in [1.54, 1.807) is 0 Å². The number of aryl methyl sites for hydroxylation is 1. The van der Waals surface area contributed by atoms with Crippen LogP contribution in [0.4, 0.5) is 0 Å². The maximum absolute atomic E-state index is 5.45. The van der Waals surface area contributed by atoms with Crippen molar-refractivity contribution in [3.63, 3.8) is 0 Å². The van der Waals surface area contributed by atoms with E-state index in [0.29, 0.717) is 4.77 Å². The molecule has 140 valence electrons. The third-order valence-electron chi connectivity index (χ3n) is 4.95. The summed E-state index contributed by atoms with van der Waals surface area (Å²) in [5, 5.41) is 7.42. The van der Waals surface area contributed by atoms with Gasteiger partial charge < -0.3 is 4.57 Å². The number of nitrogens with one attached hydrogen (secondary N) is 1. The van der Waals surface area contributed by atoms with Gasteiger partial charge in [0.05, 0.1) is 0 Å². The predicted molar refractivity (Wildman–Crippen MR) is 117 cm³/mol. The van der Waals surface area contributed by atoms with Crippen molar-refractivity contribution in [3.05, 3.63) is 107 Å². The molecule has 1 aromatic heterocycles. The second-order valence-corrected chi connectivity index (χ2v) is 7.31. The van der Waals surface area contributed by atoms with Crippen LogP contribution in [-0.2, 0) is 19.4 Å². The zero-order valence-corrected chi connectivity index (χ0v) is 16.5. The first-order valence-electron chi connectivity index (χ1n) is 9.62. The van der Waals surface area contributed by atoms with Crippen LogP contribution in [0.2, 0.25) is 0 Å². The molecule has 28 heavy (non-hydrogen) atoms. The molecule has 0 aliphatic heterocycles. The Kier molecular flexibility index (Phi) is 5.78. The molecule has 0 amide bonds. The van der Waals surface area contributed by atoms with Gasteiger partial charge in [-0.25, -0.2) is 0 Å². The van der Waals surface area contributed by atoms with Crippen LogP contribution in [0.1, 0.15) is 23.4 Å². The van der Waals surface area contributed by atoms with Crippen molar-refractivity contribution in [2.45, 2.75) is 25.8 Å². The standard InChI is InChI=1S/C24H23N3S/c28-24-26-25-23(27(24)17-7-10-19-8-3-1-4-9-19)18-20-13-15-22(16-14-20)21-11-5-2-6-12-21/h1-6,8-9,11-16H,7,10,17-18H2,(H,26,28). The minimum atomic E-state index is 0.698. The molecule has 4 heteroatoms. The van der Waals surface area contributed by atoms with Crippen LogP contribution in [-0.4, -0.2) is 14.8 Å². The van der Waals surface area contributed by atoms with Gasteiger partial charge >= 0.3 is 0 Å². The summed E-state index contributed by atoms with van der Waals surface area (Å²) >= 11 is 5.45. The molecular formula is C24H23N3S. The lowest BCUT2D eigenvalue weighted by molar-refractivity contribution is 0.611. The number of hydrogen-bond donors (Lipinski definition) is 1. The molecule has 1 heterocycles. The van der Waals surface area contributed by atoms with Crippen LogP contribution < -0.4 is 0 Å². The third kappa shape index (κ3) is 4.46. The Morgan fingerprint density at radius 1 is 0.750 bits per heavy atom. The summed E-state index contributed by atoms with van der Waals surface area (Å²) in [6.45, 7) is 0.877. The molecule has 4 rings (SSSR count). The van der Waals surface area contributed by atoms with Gasteiger partial charge in [-0.2, -0.15) is 5.10 Å². The Hall–Kier alpha value is -2.98. The van der Waals surface area contributed by atoms with Crippen LogP contribution in [0.5, 0.6) is 0 Å². The average Bonchev–Trinajstić information content (AvgIpc) is 3.09. The number of benzene rings is 3. The zero-order chi connectivity index (χ0) is 19.2. The van der Waals surface area contributed by atoms with Gasteiger partial charge in [0, 0.05) is 13.0 Å². The van der Waals surface area contributed by atoms with E-state index in [9.17, 15) is 0 Å². The van der Waals surface area contributed by atoms with Gasteiger partial charge in [-0.1, -0.05) is 84.9 Å². The Bertz CT molecular complexity index is 1060. The van der Waals surface area contributed by atoms with Crippen LogP contribution in [0.3, 0.4) is 0 Å². The van der Waals surface area contributed by atoms with Crippen molar-refractivity contribution in [2.24, 2.45) is 0 Å². The highest BCUT2D eigenvalue weighted by atomic mass is 32.1. The molecule has 3 aromatic carbocycles. The Morgan fingerprint density at radius 3 is 2.11 bits per heavy atom. The SMILES string of the molecule is S=c1[nH]nc(Cc2ccc(-c3ccccc3)cc2)n1CCCc1ccccc1. The first-order valence-corrected chi connectivity index (χ1v) is 10.0. The van der Waals surface area contributed by atoms with Gasteiger partial charge in [-0.15, -0.1) is 0 Å². The van der Waals surface area contributed by atoms with E-state index < -0.39 is 0 Å². The highest BCUT2D eigenvalue weighted by molar-refractivity contribution is 7.71. The fourth-order valence-corrected chi connectivity index (χ4v) is 3.67. The molecule has 1 N–H and O–H groups in total. The molecule has 3 nitrogen and oxygen atoms in total. The highest BCUT2D eigenvalue weighted by Crippen LogP contribution is 2.20. The lowest BCUT2D eigenvalue weighted by atomic mass is 10.0. The van der Waals surface area contributed by atoms with Crippen molar-refractivity contribution in [1.29, 1.82) is 0 Å². The van der Waals surface area contributed by atoms with E-state index in [0.717, 1.165) is 31.6 Å². The third-order valence-corrected chi connectivity index (χ3v) is 5.26. The predicted octanol–water partition coefficient (Wildman–Crippen LogP) is 5.83. The van der Waals surface area contributed by atoms with E-state index in [1.807, 2.05) is 6.07 Å². The highest BCUT2D eigenvalue weighted by Gasteiger charge is 2.08. The second kappa shape index (κ2) is 8.81. The van der Waals surface area contributed by atoms with Gasteiger partial charge in [0.25, 0.3) is 0 Å². The fraction of sp³-hybridized carbons (Fsp3) is 0.167. The van der Waals surface area contributed by atoms with Crippen LogP contribution >= 0.6 is 12.2 Å². The number of H-pyrrole nitrogens is 1. The number of nitrogens with zero attached hydrogens (tertiary/aromatic N) is 2. The number of aromatic nitrogens is 3. The summed E-state index contributed by atoms with van der Waals surface area (Å²) in [5.74, 6) is 0.991. The van der Waals surface area contributed by atoms with Crippen molar-refractivity contribution in [3.8, 4) is 11.1 Å². The molecule has 0 aliphatic carbocycles. The van der Waals surface area contributed by atoms with Crippen molar-refractivity contribution in [2.75, 3.05) is 0 Å². The quantitative estimate of drug-likeness (QED) is 0.406. The summed E-state index contributed by atoms with van der Waals surface area (Å²) < 4.78 is 2.83. The first kappa shape index (κ1) is 18.4. The molecule has 0 fully saturated rings. The molecule has 0 bridgehead atoms. The minimum absolute atomic E-state index is 0.698. The largest absolute Gasteiger partial charge is 0.304 e. The molecule has 0 atom stereocenters. The average molecular weight is 386 g/mol. The smallest absolute Gasteiger partial charge is 0.195 e. The Balaban J connectivity index is 1.43. The maximum Gasteiger partial charge on any atom is 0.195 e. The second-order valence-electron chi connectivity index (χ2n) is 6.93. The molecule has 0 aliphatic rings. The van der Waals surface area contributed by atoms with Crippen LogP contribution in [0, 0.1) is 4.77 Å². The number of hydrogen-bond acceptors (Lipinski definition) is 2. The molecule has 4 aromatic rings. The van der Waals surface area contributed by atoms with Crippen molar-refractivity contribution in [1.82, 2.24) is 14.8 Å². The maximum atomic E-state index is 5.45. The minimum Gasteiger partial charge on any atom is -0.304 e. The molecule has 0 spiro atoms. The molecule has 0 unspecified atom stereocenters. The van der Waals surface area contributed by atoms with Gasteiger partial charge in [-0.3, -0.25) is 5.10 Å². The van der Waals surface area contributed by atoms with Gasteiger partial charge in [-0.05, 0) is 47.3 Å². The van der Waals surface area contributed by atoms with E-state index >= 15 is 0 Å². The summed E-state index contributed by atoms with van der Waals surface area (Å²) in [6.07, 6.45) is 2.85. The topological polar surface area (TPSA) is 33.6 Å². The zero-order valence-electron chi connectivity index (χ0n) is 15.7.